The van der Waals surface area contributed by atoms with E-state index in [1.807, 2.05) is 48.5 Å². The maximum absolute atomic E-state index is 13.7. The second kappa shape index (κ2) is 9.14. The molecule has 0 spiro atoms. The topological polar surface area (TPSA) is 93.4 Å². The molecule has 0 aliphatic carbocycles. The summed E-state index contributed by atoms with van der Waals surface area (Å²) in [7, 11) is 1.73. The number of benzene rings is 3. The van der Waals surface area contributed by atoms with E-state index in [0.717, 1.165) is 10.5 Å². The molecule has 0 saturated heterocycles. The molecule has 2 heterocycles. The Kier molecular flexibility index (Phi) is 5.85. The molecule has 0 fully saturated rings. The van der Waals surface area contributed by atoms with E-state index in [0.29, 0.717) is 11.4 Å². The smallest absolute Gasteiger partial charge is 0.295 e. The Hall–Kier alpha value is -4.72. The first-order valence-corrected chi connectivity index (χ1v) is 11.5. The van der Waals surface area contributed by atoms with Gasteiger partial charge in [-0.05, 0) is 36.8 Å². The van der Waals surface area contributed by atoms with Gasteiger partial charge in [-0.3, -0.25) is 28.8 Å². The fourth-order valence-electron chi connectivity index (χ4n) is 4.55. The van der Waals surface area contributed by atoms with Gasteiger partial charge in [0.05, 0.1) is 22.5 Å². The molecule has 1 aliphatic heterocycles. The van der Waals surface area contributed by atoms with Crippen LogP contribution in [0.15, 0.2) is 89.7 Å². The molecule has 8 heteroatoms. The molecule has 3 amide bonds. The van der Waals surface area contributed by atoms with Crippen molar-refractivity contribution in [2.24, 2.45) is 7.05 Å². The molecule has 0 bridgehead atoms. The maximum Gasteiger partial charge on any atom is 0.295 e. The van der Waals surface area contributed by atoms with E-state index in [1.165, 1.54) is 4.68 Å². The number of nitrogens with zero attached hydrogens (tertiary/aromatic N) is 3. The average Bonchev–Trinajstić information content (AvgIpc) is 3.27. The summed E-state index contributed by atoms with van der Waals surface area (Å²) in [6, 6.07) is 23.6. The van der Waals surface area contributed by atoms with Crippen LogP contribution in [-0.4, -0.2) is 38.0 Å². The highest BCUT2D eigenvalue weighted by Gasteiger charge is 2.43. The van der Waals surface area contributed by atoms with Gasteiger partial charge in [-0.15, -0.1) is 0 Å². The summed E-state index contributed by atoms with van der Waals surface area (Å²) in [5, 5.41) is 2.74. The molecule has 1 atom stereocenters. The predicted octanol–water partition coefficient (Wildman–Crippen LogP) is 3.33. The Morgan fingerprint density at radius 1 is 0.806 bits per heavy atom. The van der Waals surface area contributed by atoms with Crippen molar-refractivity contribution in [3.8, 4) is 5.69 Å². The molecule has 36 heavy (non-hydrogen) atoms. The molecule has 180 valence electrons. The summed E-state index contributed by atoms with van der Waals surface area (Å²) < 4.78 is 3.11. The normalized spacial score (nSPS) is 13.6. The van der Waals surface area contributed by atoms with Gasteiger partial charge in [0.25, 0.3) is 17.4 Å². The van der Waals surface area contributed by atoms with Crippen molar-refractivity contribution in [1.82, 2.24) is 14.3 Å². The van der Waals surface area contributed by atoms with E-state index >= 15 is 0 Å². The summed E-state index contributed by atoms with van der Waals surface area (Å²) in [4.78, 5) is 54.5. The lowest BCUT2D eigenvalue weighted by Gasteiger charge is -2.25. The van der Waals surface area contributed by atoms with E-state index in [2.05, 4.69) is 5.32 Å². The third kappa shape index (κ3) is 3.82. The Bertz CT molecular complexity index is 1500. The van der Waals surface area contributed by atoms with Crippen LogP contribution in [0.25, 0.3) is 5.69 Å². The molecule has 0 saturated carbocycles. The number of fused-ring (bicyclic) bond motifs is 1. The van der Waals surface area contributed by atoms with Crippen molar-refractivity contribution in [2.45, 2.75) is 19.4 Å². The Morgan fingerprint density at radius 2 is 1.33 bits per heavy atom. The Balaban J connectivity index is 1.53. The quantitative estimate of drug-likeness (QED) is 0.429. The molecular formula is C28H24N4O4. The van der Waals surface area contributed by atoms with E-state index in [1.54, 1.807) is 55.1 Å². The molecule has 1 unspecified atom stereocenters. The number of carbonyl (C=O) groups excluding carboxylic acids is 3. The Labute approximate surface area is 207 Å². The van der Waals surface area contributed by atoms with Gasteiger partial charge >= 0.3 is 0 Å². The average molecular weight is 481 g/mol. The van der Waals surface area contributed by atoms with Crippen LogP contribution in [0.3, 0.4) is 0 Å². The monoisotopic (exact) mass is 480 g/mol. The number of para-hydroxylation sites is 1. The molecule has 1 N–H and O–H groups in total. The highest BCUT2D eigenvalue weighted by Crippen LogP contribution is 2.27. The summed E-state index contributed by atoms with van der Waals surface area (Å²) in [6.07, 6.45) is 0.108. The SMILES string of the molecule is Cc1c(NC(=O)C(Cc2ccccc2)N2C(=O)c3ccccc3C2=O)c(=O)n(-c2ccccc2)n1C. The van der Waals surface area contributed by atoms with Crippen molar-refractivity contribution in [3.05, 3.63) is 118 Å². The first-order valence-electron chi connectivity index (χ1n) is 11.5. The largest absolute Gasteiger partial charge is 0.318 e. The minimum Gasteiger partial charge on any atom is -0.318 e. The van der Waals surface area contributed by atoms with Crippen LogP contribution in [0.5, 0.6) is 0 Å². The molecule has 1 aromatic heterocycles. The minimum atomic E-state index is -1.15. The number of aromatic nitrogens is 2. The van der Waals surface area contributed by atoms with Crippen LogP contribution in [-0.2, 0) is 18.3 Å². The lowest BCUT2D eigenvalue weighted by atomic mass is 10.0. The van der Waals surface area contributed by atoms with Crippen LogP contribution in [0.4, 0.5) is 5.69 Å². The van der Waals surface area contributed by atoms with E-state index in [9.17, 15) is 19.2 Å². The molecule has 4 aromatic rings. The molecule has 3 aromatic carbocycles. The summed E-state index contributed by atoms with van der Waals surface area (Å²) >= 11 is 0. The maximum atomic E-state index is 13.7. The number of hydrogen-bond donors (Lipinski definition) is 1. The van der Waals surface area contributed by atoms with Gasteiger partial charge in [-0.1, -0.05) is 60.7 Å². The number of hydrogen-bond acceptors (Lipinski definition) is 4. The molecule has 1 aliphatic rings. The van der Waals surface area contributed by atoms with Crippen LogP contribution in [0.1, 0.15) is 32.0 Å². The zero-order valence-corrected chi connectivity index (χ0v) is 19.8. The molecule has 8 nitrogen and oxygen atoms in total. The first kappa shape index (κ1) is 23.0. The van der Waals surface area contributed by atoms with Gasteiger partial charge in [-0.2, -0.15) is 0 Å². The summed E-state index contributed by atoms with van der Waals surface area (Å²) in [5.74, 6) is -1.67. The summed E-state index contributed by atoms with van der Waals surface area (Å²) in [5.41, 5.74) is 2.18. The van der Waals surface area contributed by atoms with E-state index in [4.69, 9.17) is 0 Å². The highest BCUT2D eigenvalue weighted by atomic mass is 16.2. The lowest BCUT2D eigenvalue weighted by molar-refractivity contribution is -0.119. The van der Waals surface area contributed by atoms with Gasteiger partial charge in [0.1, 0.15) is 11.7 Å². The zero-order chi connectivity index (χ0) is 25.4. The first-order chi connectivity index (χ1) is 17.4. The van der Waals surface area contributed by atoms with E-state index in [-0.39, 0.29) is 23.2 Å². The number of nitrogens with one attached hydrogen (secondary N) is 1. The predicted molar refractivity (Wildman–Crippen MR) is 135 cm³/mol. The van der Waals surface area contributed by atoms with Gasteiger partial charge < -0.3 is 5.32 Å². The number of carbonyl (C=O) groups is 3. The minimum absolute atomic E-state index is 0.0982. The van der Waals surface area contributed by atoms with Crippen molar-refractivity contribution in [2.75, 3.05) is 5.32 Å². The Morgan fingerprint density at radius 3 is 1.92 bits per heavy atom. The van der Waals surface area contributed by atoms with Crippen molar-refractivity contribution in [3.63, 3.8) is 0 Å². The fraction of sp³-hybridized carbons (Fsp3) is 0.143. The summed E-state index contributed by atoms with van der Waals surface area (Å²) in [6.45, 7) is 1.73. The number of amides is 3. The number of rotatable bonds is 6. The van der Waals surface area contributed by atoms with Gasteiger partial charge in [0.15, 0.2) is 0 Å². The standard InChI is InChI=1S/C28H24N4O4/c1-18-24(28(36)32(30(18)2)20-13-7-4-8-14-20)29-25(33)23(17-19-11-5-3-6-12-19)31-26(34)21-15-9-10-16-22(21)27(31)35/h3-16,23H,17H2,1-2H3,(H,29,33). The van der Waals surface area contributed by atoms with Gasteiger partial charge in [0.2, 0.25) is 5.91 Å². The second-order valence-electron chi connectivity index (χ2n) is 8.66. The van der Waals surface area contributed by atoms with E-state index < -0.39 is 29.3 Å². The van der Waals surface area contributed by atoms with Crippen LogP contribution < -0.4 is 10.9 Å². The zero-order valence-electron chi connectivity index (χ0n) is 19.8. The van der Waals surface area contributed by atoms with Crippen molar-refractivity contribution in [1.29, 1.82) is 0 Å². The second-order valence-corrected chi connectivity index (χ2v) is 8.66. The van der Waals surface area contributed by atoms with Crippen LogP contribution in [0.2, 0.25) is 0 Å². The number of anilines is 1. The third-order valence-corrected chi connectivity index (χ3v) is 6.51. The number of imide groups is 1. The van der Waals surface area contributed by atoms with Crippen molar-refractivity contribution >= 4 is 23.4 Å². The van der Waals surface area contributed by atoms with Crippen molar-refractivity contribution < 1.29 is 14.4 Å². The highest BCUT2D eigenvalue weighted by molar-refractivity contribution is 6.23. The molecular weight excluding hydrogens is 456 g/mol. The van der Waals surface area contributed by atoms with Crippen LogP contribution in [0, 0.1) is 6.92 Å². The molecule has 5 rings (SSSR count). The van der Waals surface area contributed by atoms with Crippen LogP contribution >= 0.6 is 0 Å². The van der Waals surface area contributed by atoms with Gasteiger partial charge in [-0.25, -0.2) is 4.68 Å². The lowest BCUT2D eigenvalue weighted by Crippen LogP contribution is -2.49. The van der Waals surface area contributed by atoms with Gasteiger partial charge in [0, 0.05) is 13.5 Å². The third-order valence-electron chi connectivity index (χ3n) is 6.51. The molecule has 0 radical (unpaired) electrons. The fourth-order valence-corrected chi connectivity index (χ4v) is 4.55.